The lowest BCUT2D eigenvalue weighted by Gasteiger charge is -2.24. The van der Waals surface area contributed by atoms with E-state index in [-0.39, 0.29) is 0 Å². The summed E-state index contributed by atoms with van der Waals surface area (Å²) in [6, 6.07) is 9.17. The van der Waals surface area contributed by atoms with Gasteiger partial charge in [0.15, 0.2) is 0 Å². The van der Waals surface area contributed by atoms with Gasteiger partial charge in [0, 0.05) is 12.0 Å². The van der Waals surface area contributed by atoms with E-state index in [0.717, 1.165) is 37.2 Å². The number of benzene rings is 1. The second kappa shape index (κ2) is 6.02. The summed E-state index contributed by atoms with van der Waals surface area (Å²) in [5.74, 6) is 2.25. The zero-order chi connectivity index (χ0) is 14.8. The van der Waals surface area contributed by atoms with Crippen molar-refractivity contribution >= 4 is 0 Å². The van der Waals surface area contributed by atoms with Crippen molar-refractivity contribution in [1.29, 1.82) is 0 Å². The second-order valence-electron chi connectivity index (χ2n) is 6.57. The summed E-state index contributed by atoms with van der Waals surface area (Å²) in [7, 11) is 0. The van der Waals surface area contributed by atoms with Crippen molar-refractivity contribution in [3.8, 4) is 11.3 Å². The minimum Gasteiger partial charge on any atom is -0.342 e. The van der Waals surface area contributed by atoms with Gasteiger partial charge < -0.3 is 10.7 Å². The van der Waals surface area contributed by atoms with E-state index in [1.165, 1.54) is 11.1 Å². The van der Waals surface area contributed by atoms with E-state index in [4.69, 9.17) is 5.73 Å². The molecule has 1 aromatic heterocycles. The Morgan fingerprint density at radius 1 is 1.10 bits per heavy atom. The van der Waals surface area contributed by atoms with Crippen LogP contribution >= 0.6 is 0 Å². The molecule has 3 heteroatoms. The lowest BCUT2D eigenvalue weighted by Crippen LogP contribution is -2.26. The van der Waals surface area contributed by atoms with Crippen LogP contribution in [-0.2, 0) is 0 Å². The summed E-state index contributed by atoms with van der Waals surface area (Å²) in [5.41, 5.74) is 9.69. The van der Waals surface area contributed by atoms with Gasteiger partial charge in [0.05, 0.1) is 11.9 Å². The largest absolute Gasteiger partial charge is 0.342 e. The number of nitrogens with zero attached hydrogens (tertiary/aromatic N) is 1. The van der Waals surface area contributed by atoms with Crippen molar-refractivity contribution < 1.29 is 0 Å². The van der Waals surface area contributed by atoms with Gasteiger partial charge in [0.2, 0.25) is 0 Å². The molecule has 0 radical (unpaired) electrons. The molecular weight excluding hydrogens is 258 g/mol. The fraction of sp³-hybridized carbons (Fsp3) is 0.500. The smallest absolute Gasteiger partial charge is 0.109 e. The predicted octanol–water partition coefficient (Wildman–Crippen LogP) is 4.19. The molecule has 0 atom stereocenters. The van der Waals surface area contributed by atoms with Crippen LogP contribution in [0.2, 0.25) is 0 Å². The summed E-state index contributed by atoms with van der Waals surface area (Å²) in [6.07, 6.45) is 6.50. The monoisotopic (exact) mass is 283 g/mol. The zero-order valence-electron chi connectivity index (χ0n) is 13.0. The van der Waals surface area contributed by atoms with Crippen molar-refractivity contribution in [1.82, 2.24) is 9.97 Å². The average molecular weight is 283 g/mol. The van der Waals surface area contributed by atoms with E-state index < -0.39 is 0 Å². The first kappa shape index (κ1) is 14.3. The Labute approximate surface area is 127 Å². The third-order valence-electron chi connectivity index (χ3n) is 4.64. The lowest BCUT2D eigenvalue weighted by molar-refractivity contribution is 0.386. The van der Waals surface area contributed by atoms with Crippen LogP contribution in [0.25, 0.3) is 11.3 Å². The zero-order valence-corrected chi connectivity index (χ0v) is 13.0. The number of hydrogen-bond acceptors (Lipinski definition) is 2. The third-order valence-corrected chi connectivity index (χ3v) is 4.64. The van der Waals surface area contributed by atoms with Crippen LogP contribution in [-0.4, -0.2) is 16.0 Å². The third kappa shape index (κ3) is 3.18. The summed E-state index contributed by atoms with van der Waals surface area (Å²) in [4.78, 5) is 8.11. The van der Waals surface area contributed by atoms with Crippen molar-refractivity contribution in [2.24, 2.45) is 5.73 Å². The van der Waals surface area contributed by atoms with Gasteiger partial charge in [0.25, 0.3) is 0 Å². The molecule has 3 N–H and O–H groups in total. The van der Waals surface area contributed by atoms with E-state index in [1.807, 2.05) is 6.20 Å². The first-order valence-corrected chi connectivity index (χ1v) is 8.04. The molecule has 0 amide bonds. The maximum atomic E-state index is 5.98. The first-order valence-electron chi connectivity index (χ1n) is 8.04. The molecule has 1 aliphatic carbocycles. The Bertz CT molecular complexity index is 575. The number of aromatic nitrogens is 2. The average Bonchev–Trinajstić information content (AvgIpc) is 2.98. The Hall–Kier alpha value is -1.61. The summed E-state index contributed by atoms with van der Waals surface area (Å²) >= 11 is 0. The minimum absolute atomic E-state index is 0.388. The molecule has 21 heavy (non-hydrogen) atoms. The number of rotatable bonds is 3. The Balaban J connectivity index is 1.75. The molecule has 1 saturated carbocycles. The van der Waals surface area contributed by atoms with E-state index in [2.05, 4.69) is 48.1 Å². The maximum absolute atomic E-state index is 5.98. The van der Waals surface area contributed by atoms with Gasteiger partial charge in [-0.1, -0.05) is 38.1 Å². The molecule has 0 unspecified atom stereocenters. The van der Waals surface area contributed by atoms with Crippen LogP contribution in [0, 0.1) is 0 Å². The lowest BCUT2D eigenvalue weighted by atomic mass is 9.86. The summed E-state index contributed by atoms with van der Waals surface area (Å²) in [6.45, 7) is 4.44. The van der Waals surface area contributed by atoms with Crippen LogP contribution in [0.5, 0.6) is 0 Å². The predicted molar refractivity (Wildman–Crippen MR) is 87.3 cm³/mol. The molecule has 1 fully saturated rings. The van der Waals surface area contributed by atoms with Crippen molar-refractivity contribution in [3.63, 3.8) is 0 Å². The highest BCUT2D eigenvalue weighted by atomic mass is 14.9. The molecule has 0 aliphatic heterocycles. The molecule has 0 bridgehead atoms. The second-order valence-corrected chi connectivity index (χ2v) is 6.57. The number of imidazole rings is 1. The molecule has 3 rings (SSSR count). The van der Waals surface area contributed by atoms with E-state index in [9.17, 15) is 0 Å². The molecule has 1 heterocycles. The maximum Gasteiger partial charge on any atom is 0.109 e. The standard InChI is InChI=1S/C18H25N3/c1-12(2)13-3-5-14(6-4-13)17-11-20-18(21-17)15-7-9-16(19)10-8-15/h3-6,11-12,15-16H,7-10,19H2,1-2H3,(H,20,21). The molecule has 1 aliphatic rings. The molecule has 0 spiro atoms. The molecule has 0 saturated heterocycles. The number of aromatic amines is 1. The fourth-order valence-corrected chi connectivity index (χ4v) is 3.13. The van der Waals surface area contributed by atoms with E-state index >= 15 is 0 Å². The highest BCUT2D eigenvalue weighted by molar-refractivity contribution is 5.59. The quantitative estimate of drug-likeness (QED) is 0.887. The van der Waals surface area contributed by atoms with Gasteiger partial charge in [-0.3, -0.25) is 0 Å². The van der Waals surface area contributed by atoms with Gasteiger partial charge in [0.1, 0.15) is 5.82 Å². The SMILES string of the molecule is CC(C)c1ccc(-c2cnc(C3CCC(N)CC3)[nH]2)cc1. The van der Waals surface area contributed by atoms with Crippen LogP contribution in [0.1, 0.15) is 62.8 Å². The fourth-order valence-electron chi connectivity index (χ4n) is 3.13. The number of H-pyrrole nitrogens is 1. The van der Waals surface area contributed by atoms with Crippen molar-refractivity contribution in [2.75, 3.05) is 0 Å². The number of nitrogens with two attached hydrogens (primary N) is 1. The topological polar surface area (TPSA) is 54.7 Å². The Morgan fingerprint density at radius 3 is 2.38 bits per heavy atom. The summed E-state index contributed by atoms with van der Waals surface area (Å²) < 4.78 is 0. The molecular formula is C18H25N3. The van der Waals surface area contributed by atoms with Gasteiger partial charge >= 0.3 is 0 Å². The molecule has 3 nitrogen and oxygen atoms in total. The first-order chi connectivity index (χ1) is 10.1. The molecule has 112 valence electrons. The molecule has 2 aromatic rings. The molecule has 1 aromatic carbocycles. The van der Waals surface area contributed by atoms with Gasteiger partial charge in [-0.05, 0) is 42.7 Å². The van der Waals surface area contributed by atoms with E-state index in [0.29, 0.717) is 17.9 Å². The Morgan fingerprint density at radius 2 is 1.76 bits per heavy atom. The number of nitrogens with one attached hydrogen (secondary N) is 1. The van der Waals surface area contributed by atoms with Crippen LogP contribution < -0.4 is 5.73 Å². The summed E-state index contributed by atoms with van der Waals surface area (Å²) in [5, 5.41) is 0. The number of hydrogen-bond donors (Lipinski definition) is 2. The van der Waals surface area contributed by atoms with E-state index in [1.54, 1.807) is 0 Å². The van der Waals surface area contributed by atoms with Gasteiger partial charge in [-0.2, -0.15) is 0 Å². The van der Waals surface area contributed by atoms with Crippen molar-refractivity contribution in [3.05, 3.63) is 41.9 Å². The van der Waals surface area contributed by atoms with Crippen LogP contribution in [0.15, 0.2) is 30.5 Å². The Kier molecular flexibility index (Phi) is 4.11. The highest BCUT2D eigenvalue weighted by Crippen LogP contribution is 2.31. The highest BCUT2D eigenvalue weighted by Gasteiger charge is 2.22. The minimum atomic E-state index is 0.388. The normalized spacial score (nSPS) is 22.7. The van der Waals surface area contributed by atoms with Crippen LogP contribution in [0.4, 0.5) is 0 Å². The van der Waals surface area contributed by atoms with Gasteiger partial charge in [-0.25, -0.2) is 4.98 Å². The van der Waals surface area contributed by atoms with Gasteiger partial charge in [-0.15, -0.1) is 0 Å². The van der Waals surface area contributed by atoms with Crippen molar-refractivity contribution in [2.45, 2.75) is 57.4 Å². The van der Waals surface area contributed by atoms with Crippen LogP contribution in [0.3, 0.4) is 0 Å².